The third-order valence-electron chi connectivity index (χ3n) is 8.52. The van der Waals surface area contributed by atoms with Gasteiger partial charge in [-0.1, -0.05) is 7.43 Å². The minimum Gasteiger partial charge on any atom is -0.478 e. The van der Waals surface area contributed by atoms with Gasteiger partial charge >= 0.3 is 5.97 Å². The molecule has 0 bridgehead atoms. The Morgan fingerprint density at radius 1 is 0.739 bits per heavy atom. The molecule has 4 heterocycles. The van der Waals surface area contributed by atoms with Crippen molar-refractivity contribution in [3.05, 3.63) is 52.4 Å². The Bertz CT molecular complexity index is 1420. The largest absolute Gasteiger partial charge is 0.478 e. The average Bonchev–Trinajstić information content (AvgIpc) is 3.93. The second kappa shape index (κ2) is 16.7. The zero-order valence-electron chi connectivity index (χ0n) is 26.9. The van der Waals surface area contributed by atoms with E-state index in [1.165, 1.54) is 74.0 Å². The lowest BCUT2D eigenvalue weighted by Crippen LogP contribution is -2.20. The number of nitrogens with zero attached hydrogens (tertiary/aromatic N) is 4. The fourth-order valence-electron chi connectivity index (χ4n) is 5.27. The lowest BCUT2D eigenvalue weighted by molar-refractivity contribution is -0.132. The predicted octanol–water partition coefficient (Wildman–Crippen LogP) is 4.02. The maximum Gasteiger partial charge on any atom is 0.333 e. The van der Waals surface area contributed by atoms with Crippen molar-refractivity contribution < 1.29 is 14.7 Å². The van der Waals surface area contributed by atoms with Crippen molar-refractivity contribution >= 4 is 29.0 Å². The van der Waals surface area contributed by atoms with Gasteiger partial charge in [-0.25, -0.2) is 4.79 Å². The van der Waals surface area contributed by atoms with Crippen LogP contribution in [0.1, 0.15) is 76.1 Å². The highest BCUT2D eigenvalue weighted by Gasteiger charge is 2.30. The number of carboxylic acids is 1. The minimum atomic E-state index is -0.829. The predicted molar refractivity (Wildman–Crippen MR) is 185 cm³/mol. The van der Waals surface area contributed by atoms with Gasteiger partial charge in [0.15, 0.2) is 0 Å². The van der Waals surface area contributed by atoms with Gasteiger partial charge in [-0.05, 0) is 95.3 Å². The lowest BCUT2D eigenvalue weighted by atomic mass is 10.2. The summed E-state index contributed by atoms with van der Waals surface area (Å²) >= 11 is 0. The van der Waals surface area contributed by atoms with E-state index in [1.54, 1.807) is 13.1 Å². The minimum absolute atomic E-state index is 0. The average molecular weight is 633 g/mol. The summed E-state index contributed by atoms with van der Waals surface area (Å²) in [5, 5.41) is 24.7. The van der Waals surface area contributed by atoms with Crippen molar-refractivity contribution in [1.29, 1.82) is 0 Å². The van der Waals surface area contributed by atoms with Crippen molar-refractivity contribution in [3.63, 3.8) is 0 Å². The molecule has 4 fully saturated rings. The van der Waals surface area contributed by atoms with Gasteiger partial charge in [-0.2, -0.15) is 5.10 Å². The van der Waals surface area contributed by atoms with E-state index < -0.39 is 5.97 Å². The van der Waals surface area contributed by atoms with Gasteiger partial charge in [0, 0.05) is 72.2 Å². The SMILES string of the molecule is C.CNC(=O)C1=CC(C2CC2)=NC1.CNCC1=CC(C2CC2)=NC1.CNCc1cc(C2CC2)n[nH]1.O=C(O)C1=CC(C2CC2)=NC1. The molecule has 0 radical (unpaired) electrons. The summed E-state index contributed by atoms with van der Waals surface area (Å²) in [6, 6.07) is 2.16. The zero-order chi connectivity index (χ0) is 31.8. The molecule has 3 aliphatic heterocycles. The third-order valence-corrected chi connectivity index (χ3v) is 8.52. The number of likely N-dealkylation sites (N-methyl/N-ethyl adjacent to an activating group) is 2. The van der Waals surface area contributed by atoms with Crippen molar-refractivity contribution in [2.45, 2.75) is 71.3 Å². The maximum atomic E-state index is 11.1. The molecule has 0 atom stereocenters. The highest BCUT2D eigenvalue weighted by atomic mass is 16.4. The van der Waals surface area contributed by atoms with Crippen LogP contribution in [0.5, 0.6) is 0 Å². The highest BCUT2D eigenvalue weighted by molar-refractivity contribution is 6.09. The van der Waals surface area contributed by atoms with E-state index in [1.807, 2.05) is 20.2 Å². The molecule has 0 aromatic carbocycles. The number of nitrogens with one attached hydrogen (secondary N) is 4. The quantitative estimate of drug-likeness (QED) is 0.262. The van der Waals surface area contributed by atoms with Gasteiger partial charge in [0.1, 0.15) is 0 Å². The molecule has 11 heteroatoms. The molecule has 1 aromatic heterocycles. The number of H-pyrrole nitrogens is 1. The number of allylic oxidation sites excluding steroid dienone is 3. The van der Waals surface area contributed by atoms with E-state index in [4.69, 9.17) is 5.11 Å². The maximum absolute atomic E-state index is 11.1. The van der Waals surface area contributed by atoms with Crippen molar-refractivity contribution in [1.82, 2.24) is 26.1 Å². The van der Waals surface area contributed by atoms with E-state index >= 15 is 0 Å². The fourth-order valence-corrected chi connectivity index (χ4v) is 5.27. The Hall–Kier alpha value is -3.70. The Kier molecular flexibility index (Phi) is 12.8. The molecule has 7 aliphatic rings. The van der Waals surface area contributed by atoms with Crippen molar-refractivity contribution in [2.75, 3.05) is 47.3 Å². The van der Waals surface area contributed by atoms with Crippen LogP contribution in [0.2, 0.25) is 0 Å². The number of carboxylic acid groups (broad SMARTS) is 1. The molecule has 8 rings (SSSR count). The number of rotatable bonds is 10. The van der Waals surface area contributed by atoms with Gasteiger partial charge in [-0.3, -0.25) is 24.9 Å². The molecule has 11 nitrogen and oxygen atoms in total. The van der Waals surface area contributed by atoms with Crippen molar-refractivity contribution in [3.8, 4) is 0 Å². The van der Waals surface area contributed by atoms with Gasteiger partial charge in [0.2, 0.25) is 5.91 Å². The van der Waals surface area contributed by atoms with E-state index in [0.717, 1.165) is 48.5 Å². The summed E-state index contributed by atoms with van der Waals surface area (Å²) in [7, 11) is 5.58. The summed E-state index contributed by atoms with van der Waals surface area (Å²) < 4.78 is 0. The first-order valence-corrected chi connectivity index (χ1v) is 16.4. The van der Waals surface area contributed by atoms with Gasteiger partial charge in [0.25, 0.3) is 0 Å². The fraction of sp³-hybridized carbons (Fsp3) is 0.600. The van der Waals surface area contributed by atoms with E-state index in [2.05, 4.69) is 53.3 Å². The molecule has 4 aliphatic carbocycles. The summed E-state index contributed by atoms with van der Waals surface area (Å²) in [6.45, 7) is 3.78. The number of hydrogen-bond donors (Lipinski definition) is 5. The topological polar surface area (TPSA) is 156 Å². The summed E-state index contributed by atoms with van der Waals surface area (Å²) in [6.07, 6.45) is 16.2. The number of hydrogen-bond acceptors (Lipinski definition) is 8. The van der Waals surface area contributed by atoms with E-state index in [9.17, 15) is 9.59 Å². The Morgan fingerprint density at radius 2 is 1.24 bits per heavy atom. The number of aromatic nitrogens is 2. The molecular formula is C35H52N8O3. The molecular weight excluding hydrogens is 580 g/mol. The molecule has 5 N–H and O–H groups in total. The molecule has 0 unspecified atom stereocenters. The highest BCUT2D eigenvalue weighted by Crippen LogP contribution is 2.39. The molecule has 1 amide bonds. The molecule has 0 saturated heterocycles. The van der Waals surface area contributed by atoms with Crippen LogP contribution in [0, 0.1) is 17.8 Å². The number of aliphatic carboxylic acids is 1. The van der Waals surface area contributed by atoms with Crippen LogP contribution < -0.4 is 16.0 Å². The molecule has 1 aromatic rings. The van der Waals surface area contributed by atoms with Crippen LogP contribution in [0.25, 0.3) is 0 Å². The van der Waals surface area contributed by atoms with Gasteiger partial charge in [-0.15, -0.1) is 0 Å². The van der Waals surface area contributed by atoms with E-state index in [0.29, 0.717) is 30.5 Å². The standard InChI is InChI=1S/C9H12N2O.C9H14N2.C8H13N3.C8H9NO2.CH4/c1-10-9(12)7-4-8(11-5-7)6-2-3-6;1-10-5-7-4-9(11-6-7)8-2-3-8;1-9-5-7-4-8(11-10-7)6-2-3-6;10-8(11)6-3-7(9-4-6)5-1-2-5;/h4,6H,2-3,5H2,1H3,(H,10,12);4,8,10H,2-3,5-6H2,1H3;4,6,9H,2-3,5H2,1H3,(H,10,11);3,5H,1-2,4H2,(H,10,11);1H4. The Morgan fingerprint density at radius 3 is 1.72 bits per heavy atom. The number of carbonyl (C=O) groups is 2. The molecule has 250 valence electrons. The molecule has 4 saturated carbocycles. The first-order valence-electron chi connectivity index (χ1n) is 16.4. The van der Waals surface area contributed by atoms with Crippen LogP contribution in [-0.4, -0.2) is 91.6 Å². The Labute approximate surface area is 273 Å². The first kappa shape index (κ1) is 35.2. The Balaban J connectivity index is 0.000000138. The van der Waals surface area contributed by atoms with Crippen LogP contribution in [0.15, 0.2) is 56.0 Å². The summed E-state index contributed by atoms with van der Waals surface area (Å²) in [5.74, 6) is 2.00. The number of amides is 1. The monoisotopic (exact) mass is 632 g/mol. The molecule has 46 heavy (non-hydrogen) atoms. The number of aromatic amines is 1. The van der Waals surface area contributed by atoms with Gasteiger partial charge in [0.05, 0.1) is 30.9 Å². The van der Waals surface area contributed by atoms with Crippen LogP contribution in [-0.2, 0) is 16.1 Å². The van der Waals surface area contributed by atoms with Crippen LogP contribution >= 0.6 is 0 Å². The van der Waals surface area contributed by atoms with Crippen molar-refractivity contribution in [2.24, 2.45) is 32.7 Å². The zero-order valence-corrected chi connectivity index (χ0v) is 26.9. The van der Waals surface area contributed by atoms with Crippen LogP contribution in [0.4, 0.5) is 0 Å². The number of carbonyl (C=O) groups excluding carboxylic acids is 1. The van der Waals surface area contributed by atoms with Gasteiger partial charge < -0.3 is 21.1 Å². The second-order valence-electron chi connectivity index (χ2n) is 12.7. The van der Waals surface area contributed by atoms with E-state index in [-0.39, 0.29) is 13.3 Å². The summed E-state index contributed by atoms with van der Waals surface area (Å²) in [4.78, 5) is 34.5. The van der Waals surface area contributed by atoms with Crippen LogP contribution in [0.3, 0.4) is 0 Å². The third kappa shape index (κ3) is 10.7. The smallest absolute Gasteiger partial charge is 0.333 e. The second-order valence-corrected chi connectivity index (χ2v) is 12.7. The first-order chi connectivity index (χ1) is 21.9. The number of aliphatic imine (C=N–C) groups is 3. The normalized spacial score (nSPS) is 20.8. The lowest BCUT2D eigenvalue weighted by Gasteiger charge is -1.95. The molecule has 0 spiro atoms. The summed E-state index contributed by atoms with van der Waals surface area (Å²) in [5.41, 5.74) is 8.61.